The molecule has 0 heterocycles. The molecule has 0 N–H and O–H groups in total. The maximum Gasteiger partial charge on any atom is 0.165 e. The Balaban J connectivity index is 3.72. The number of rotatable bonds is 14. The summed E-state index contributed by atoms with van der Waals surface area (Å²) in [7, 11) is 0. The summed E-state index contributed by atoms with van der Waals surface area (Å²) in [5.74, 6) is -0.352. The standard InChI is InChI=1S/C17H36O2/c1-5-8-9-10-11-12-13-14-17(4,18-15-6-2)19-16-7-3/h5-16H2,1-4H3. The summed E-state index contributed by atoms with van der Waals surface area (Å²) < 4.78 is 11.8. The van der Waals surface area contributed by atoms with E-state index < -0.39 is 0 Å². The minimum Gasteiger partial charge on any atom is -0.350 e. The normalized spacial score (nSPS) is 12.0. The minimum atomic E-state index is -0.352. The Hall–Kier alpha value is -0.0800. The second-order valence-corrected chi connectivity index (χ2v) is 5.70. The van der Waals surface area contributed by atoms with Crippen molar-refractivity contribution in [3.05, 3.63) is 0 Å². The van der Waals surface area contributed by atoms with Crippen molar-refractivity contribution in [3.8, 4) is 0 Å². The van der Waals surface area contributed by atoms with Gasteiger partial charge in [-0.05, 0) is 26.2 Å². The monoisotopic (exact) mass is 272 g/mol. The van der Waals surface area contributed by atoms with Crippen LogP contribution < -0.4 is 0 Å². The fraction of sp³-hybridized carbons (Fsp3) is 1.00. The fourth-order valence-corrected chi connectivity index (χ4v) is 2.23. The molecule has 0 spiro atoms. The van der Waals surface area contributed by atoms with Gasteiger partial charge in [-0.2, -0.15) is 0 Å². The van der Waals surface area contributed by atoms with Crippen LogP contribution in [0.2, 0.25) is 0 Å². The van der Waals surface area contributed by atoms with E-state index in [2.05, 4.69) is 27.7 Å². The molecule has 0 unspecified atom stereocenters. The van der Waals surface area contributed by atoms with E-state index >= 15 is 0 Å². The van der Waals surface area contributed by atoms with E-state index in [1.54, 1.807) is 0 Å². The van der Waals surface area contributed by atoms with Gasteiger partial charge >= 0.3 is 0 Å². The Morgan fingerprint density at radius 3 is 1.58 bits per heavy atom. The quantitative estimate of drug-likeness (QED) is 0.298. The van der Waals surface area contributed by atoms with Gasteiger partial charge in [0.2, 0.25) is 0 Å². The first-order valence-electron chi connectivity index (χ1n) is 8.46. The molecular weight excluding hydrogens is 236 g/mol. The lowest BCUT2D eigenvalue weighted by molar-refractivity contribution is -0.229. The van der Waals surface area contributed by atoms with E-state index in [4.69, 9.17) is 9.47 Å². The zero-order valence-corrected chi connectivity index (χ0v) is 13.8. The van der Waals surface area contributed by atoms with E-state index in [1.165, 1.54) is 44.9 Å². The van der Waals surface area contributed by atoms with Gasteiger partial charge in [-0.3, -0.25) is 0 Å². The molecule has 0 rings (SSSR count). The molecule has 0 aliphatic rings. The highest BCUT2D eigenvalue weighted by molar-refractivity contribution is 4.64. The van der Waals surface area contributed by atoms with Gasteiger partial charge in [0.15, 0.2) is 5.79 Å². The molecule has 0 aromatic carbocycles. The number of ether oxygens (including phenoxy) is 2. The van der Waals surface area contributed by atoms with Crippen molar-refractivity contribution in [2.24, 2.45) is 0 Å². The largest absolute Gasteiger partial charge is 0.350 e. The molecule has 0 aromatic rings. The highest BCUT2D eigenvalue weighted by Crippen LogP contribution is 2.22. The van der Waals surface area contributed by atoms with Crippen LogP contribution in [0, 0.1) is 0 Å². The van der Waals surface area contributed by atoms with E-state index in [9.17, 15) is 0 Å². The number of hydrogen-bond acceptors (Lipinski definition) is 2. The predicted octanol–water partition coefficient (Wildman–Crippen LogP) is 5.70. The average molecular weight is 272 g/mol. The first-order valence-corrected chi connectivity index (χ1v) is 8.46. The van der Waals surface area contributed by atoms with Crippen molar-refractivity contribution < 1.29 is 9.47 Å². The molecule has 2 nitrogen and oxygen atoms in total. The lowest BCUT2D eigenvalue weighted by Crippen LogP contribution is -2.33. The Morgan fingerprint density at radius 1 is 0.632 bits per heavy atom. The van der Waals surface area contributed by atoms with Crippen LogP contribution in [-0.2, 0) is 9.47 Å². The summed E-state index contributed by atoms with van der Waals surface area (Å²) in [6.07, 6.45) is 12.5. The molecule has 2 heteroatoms. The van der Waals surface area contributed by atoms with Crippen LogP contribution in [0.5, 0.6) is 0 Å². The molecular formula is C17H36O2. The third-order valence-electron chi connectivity index (χ3n) is 3.46. The molecule has 0 fully saturated rings. The molecule has 19 heavy (non-hydrogen) atoms. The lowest BCUT2D eigenvalue weighted by Gasteiger charge is -2.30. The third kappa shape index (κ3) is 11.4. The van der Waals surface area contributed by atoms with Gasteiger partial charge in [0.05, 0.1) is 0 Å². The van der Waals surface area contributed by atoms with Crippen LogP contribution in [0.1, 0.15) is 91.9 Å². The second-order valence-electron chi connectivity index (χ2n) is 5.70. The van der Waals surface area contributed by atoms with E-state index in [1.807, 2.05) is 0 Å². The van der Waals surface area contributed by atoms with E-state index in [-0.39, 0.29) is 5.79 Å². The van der Waals surface area contributed by atoms with Crippen LogP contribution in [0.4, 0.5) is 0 Å². The molecule has 0 bridgehead atoms. The Kier molecular flexibility index (Phi) is 12.9. The van der Waals surface area contributed by atoms with Crippen LogP contribution in [-0.4, -0.2) is 19.0 Å². The molecule has 0 saturated heterocycles. The molecule has 0 atom stereocenters. The van der Waals surface area contributed by atoms with Gasteiger partial charge in [-0.1, -0.05) is 59.3 Å². The van der Waals surface area contributed by atoms with Crippen LogP contribution in [0.25, 0.3) is 0 Å². The summed E-state index contributed by atoms with van der Waals surface area (Å²) in [5, 5.41) is 0. The summed E-state index contributed by atoms with van der Waals surface area (Å²) in [5.41, 5.74) is 0. The summed E-state index contributed by atoms with van der Waals surface area (Å²) in [6, 6.07) is 0. The van der Waals surface area contributed by atoms with Crippen molar-refractivity contribution >= 4 is 0 Å². The van der Waals surface area contributed by atoms with Crippen molar-refractivity contribution in [1.29, 1.82) is 0 Å². The Morgan fingerprint density at radius 2 is 1.11 bits per heavy atom. The summed E-state index contributed by atoms with van der Waals surface area (Å²) in [6.45, 7) is 10.3. The molecule has 116 valence electrons. The van der Waals surface area contributed by atoms with Gasteiger partial charge < -0.3 is 9.47 Å². The summed E-state index contributed by atoms with van der Waals surface area (Å²) >= 11 is 0. The van der Waals surface area contributed by atoms with Crippen LogP contribution in [0.15, 0.2) is 0 Å². The predicted molar refractivity (Wildman–Crippen MR) is 83.5 cm³/mol. The minimum absolute atomic E-state index is 0.352. The zero-order chi connectivity index (χ0) is 14.4. The lowest BCUT2D eigenvalue weighted by atomic mass is 10.1. The zero-order valence-electron chi connectivity index (χ0n) is 13.8. The molecule has 0 saturated carbocycles. The first-order chi connectivity index (χ1) is 9.18. The fourth-order valence-electron chi connectivity index (χ4n) is 2.23. The van der Waals surface area contributed by atoms with Crippen molar-refractivity contribution in [2.75, 3.05) is 13.2 Å². The Bertz CT molecular complexity index is 172. The van der Waals surface area contributed by atoms with E-state index in [0.29, 0.717) is 0 Å². The third-order valence-corrected chi connectivity index (χ3v) is 3.46. The molecule has 0 aliphatic heterocycles. The smallest absolute Gasteiger partial charge is 0.165 e. The van der Waals surface area contributed by atoms with Crippen molar-refractivity contribution in [3.63, 3.8) is 0 Å². The maximum absolute atomic E-state index is 5.90. The topological polar surface area (TPSA) is 18.5 Å². The average Bonchev–Trinajstić information content (AvgIpc) is 2.42. The number of unbranched alkanes of at least 4 members (excludes halogenated alkanes) is 6. The molecule has 0 aromatic heterocycles. The van der Waals surface area contributed by atoms with Gasteiger partial charge in [0.1, 0.15) is 0 Å². The SMILES string of the molecule is CCCCCCCCCC(C)(OCCC)OCCC. The van der Waals surface area contributed by atoms with E-state index in [0.717, 1.165) is 32.5 Å². The molecule has 0 aliphatic carbocycles. The maximum atomic E-state index is 5.90. The van der Waals surface area contributed by atoms with Gasteiger partial charge in [0, 0.05) is 19.6 Å². The highest BCUT2D eigenvalue weighted by atomic mass is 16.7. The van der Waals surface area contributed by atoms with Crippen LogP contribution >= 0.6 is 0 Å². The van der Waals surface area contributed by atoms with Gasteiger partial charge in [0.25, 0.3) is 0 Å². The summed E-state index contributed by atoms with van der Waals surface area (Å²) in [4.78, 5) is 0. The van der Waals surface area contributed by atoms with Crippen LogP contribution in [0.3, 0.4) is 0 Å². The molecule has 0 radical (unpaired) electrons. The van der Waals surface area contributed by atoms with Gasteiger partial charge in [-0.15, -0.1) is 0 Å². The molecule has 0 amide bonds. The van der Waals surface area contributed by atoms with Gasteiger partial charge in [-0.25, -0.2) is 0 Å². The Labute approximate surface area is 121 Å². The van der Waals surface area contributed by atoms with Crippen molar-refractivity contribution in [2.45, 2.75) is 97.7 Å². The number of hydrogen-bond donors (Lipinski definition) is 0. The highest BCUT2D eigenvalue weighted by Gasteiger charge is 2.24. The van der Waals surface area contributed by atoms with Crippen molar-refractivity contribution in [1.82, 2.24) is 0 Å². The first kappa shape index (κ1) is 18.9. The second kappa shape index (κ2) is 12.9.